The van der Waals surface area contributed by atoms with Gasteiger partial charge in [-0.25, -0.2) is 0 Å². The minimum atomic E-state index is -0.533. The lowest BCUT2D eigenvalue weighted by Gasteiger charge is -2.29. The monoisotopic (exact) mass is 341 g/mol. The van der Waals surface area contributed by atoms with Crippen LogP contribution in [0.1, 0.15) is 24.2 Å². The molecule has 6 nitrogen and oxygen atoms in total. The highest BCUT2D eigenvalue weighted by molar-refractivity contribution is 5.97. The minimum Gasteiger partial charge on any atom is -0.495 e. The zero-order valence-electron chi connectivity index (χ0n) is 14.7. The number of carbonyl (C=O) groups is 2. The van der Waals surface area contributed by atoms with Crippen molar-refractivity contribution in [3.63, 3.8) is 0 Å². The van der Waals surface area contributed by atoms with E-state index in [9.17, 15) is 9.59 Å². The highest BCUT2D eigenvalue weighted by Gasteiger charge is 2.18. The van der Waals surface area contributed by atoms with E-state index in [0.29, 0.717) is 17.0 Å². The van der Waals surface area contributed by atoms with E-state index in [2.05, 4.69) is 5.32 Å². The smallest absolute Gasteiger partial charge is 0.248 e. The number of benzene rings is 2. The van der Waals surface area contributed by atoms with Crippen molar-refractivity contribution in [3.8, 4) is 5.75 Å². The van der Waals surface area contributed by atoms with Gasteiger partial charge >= 0.3 is 0 Å². The van der Waals surface area contributed by atoms with Gasteiger partial charge in [-0.1, -0.05) is 18.2 Å². The summed E-state index contributed by atoms with van der Waals surface area (Å²) in [6.45, 7) is 4.17. The number of para-hydroxylation sites is 2. The molecule has 6 heteroatoms. The number of hydrogen-bond acceptors (Lipinski definition) is 4. The number of hydrogen-bond donors (Lipinski definition) is 2. The van der Waals surface area contributed by atoms with Crippen molar-refractivity contribution in [2.45, 2.75) is 19.9 Å². The van der Waals surface area contributed by atoms with Gasteiger partial charge in [-0.2, -0.15) is 0 Å². The van der Waals surface area contributed by atoms with Gasteiger partial charge in [0.05, 0.1) is 19.3 Å². The van der Waals surface area contributed by atoms with Gasteiger partial charge in [0.15, 0.2) is 0 Å². The summed E-state index contributed by atoms with van der Waals surface area (Å²) in [5, 5.41) is 2.80. The van der Waals surface area contributed by atoms with E-state index in [1.54, 1.807) is 31.4 Å². The lowest BCUT2D eigenvalue weighted by Crippen LogP contribution is -2.38. The Bertz CT molecular complexity index is 759. The van der Waals surface area contributed by atoms with Crippen molar-refractivity contribution in [2.24, 2.45) is 5.73 Å². The van der Waals surface area contributed by atoms with Gasteiger partial charge in [0.2, 0.25) is 11.8 Å². The van der Waals surface area contributed by atoms with Gasteiger partial charge in [0, 0.05) is 17.3 Å². The van der Waals surface area contributed by atoms with Crippen LogP contribution < -0.4 is 20.7 Å². The maximum absolute atomic E-state index is 12.5. The molecule has 0 aromatic heterocycles. The van der Waals surface area contributed by atoms with E-state index in [4.69, 9.17) is 10.5 Å². The van der Waals surface area contributed by atoms with Gasteiger partial charge in [-0.3, -0.25) is 9.59 Å². The molecule has 25 heavy (non-hydrogen) atoms. The van der Waals surface area contributed by atoms with Crippen molar-refractivity contribution >= 4 is 23.2 Å². The SMILES string of the molecule is COc1ccccc1N(CC(=O)Nc1cccc(C(N)=O)c1)C(C)C. The largest absolute Gasteiger partial charge is 0.495 e. The molecular formula is C19H23N3O3. The van der Waals surface area contributed by atoms with Crippen LogP contribution in [0.5, 0.6) is 5.75 Å². The molecule has 0 atom stereocenters. The number of primary amides is 1. The molecule has 0 radical (unpaired) electrons. The second-order valence-corrected chi connectivity index (χ2v) is 5.89. The molecule has 2 rings (SSSR count). The Labute approximate surface area is 147 Å². The second kappa shape index (κ2) is 8.19. The fourth-order valence-electron chi connectivity index (χ4n) is 2.52. The van der Waals surface area contributed by atoms with Crippen LogP contribution in [0.3, 0.4) is 0 Å². The normalized spacial score (nSPS) is 10.4. The first-order chi connectivity index (χ1) is 11.9. The summed E-state index contributed by atoms with van der Waals surface area (Å²) in [6, 6.07) is 14.2. The van der Waals surface area contributed by atoms with Crippen LogP contribution in [0.4, 0.5) is 11.4 Å². The predicted octanol–water partition coefficient (Wildman–Crippen LogP) is 2.65. The van der Waals surface area contributed by atoms with Crippen LogP contribution in [-0.2, 0) is 4.79 Å². The van der Waals surface area contributed by atoms with Gasteiger partial charge in [-0.05, 0) is 44.2 Å². The molecule has 0 bridgehead atoms. The molecule has 2 aromatic rings. The molecular weight excluding hydrogens is 318 g/mol. The summed E-state index contributed by atoms with van der Waals surface area (Å²) in [5.41, 5.74) is 7.00. The third kappa shape index (κ3) is 4.73. The third-order valence-electron chi connectivity index (χ3n) is 3.76. The molecule has 0 spiro atoms. The number of amides is 2. The Morgan fingerprint density at radius 1 is 1.16 bits per heavy atom. The summed E-state index contributed by atoms with van der Waals surface area (Å²) in [4.78, 5) is 25.7. The molecule has 0 unspecified atom stereocenters. The third-order valence-corrected chi connectivity index (χ3v) is 3.76. The summed E-state index contributed by atoms with van der Waals surface area (Å²) in [5.74, 6) is -0.0186. The number of ether oxygens (including phenoxy) is 1. The van der Waals surface area contributed by atoms with Gasteiger partial charge in [0.1, 0.15) is 5.75 Å². The van der Waals surface area contributed by atoms with Gasteiger partial charge < -0.3 is 20.7 Å². The Morgan fingerprint density at radius 2 is 1.88 bits per heavy atom. The Kier molecular flexibility index (Phi) is 6.00. The van der Waals surface area contributed by atoms with Crippen molar-refractivity contribution in [1.82, 2.24) is 0 Å². The Hall–Kier alpha value is -3.02. The average molecular weight is 341 g/mol. The standard InChI is InChI=1S/C19H23N3O3/c1-13(2)22(16-9-4-5-10-17(16)25-3)12-18(23)21-15-8-6-7-14(11-15)19(20)24/h4-11,13H,12H2,1-3H3,(H2,20,24)(H,21,23). The quantitative estimate of drug-likeness (QED) is 0.811. The van der Waals surface area contributed by atoms with Crippen molar-refractivity contribution in [3.05, 3.63) is 54.1 Å². The lowest BCUT2D eigenvalue weighted by molar-refractivity contribution is -0.115. The van der Waals surface area contributed by atoms with E-state index < -0.39 is 5.91 Å². The maximum atomic E-state index is 12.5. The van der Waals surface area contributed by atoms with E-state index in [-0.39, 0.29) is 18.5 Å². The van der Waals surface area contributed by atoms with Crippen molar-refractivity contribution in [1.29, 1.82) is 0 Å². The highest BCUT2D eigenvalue weighted by atomic mass is 16.5. The summed E-state index contributed by atoms with van der Waals surface area (Å²) in [6.07, 6.45) is 0. The van der Waals surface area contributed by atoms with Gasteiger partial charge in [0.25, 0.3) is 0 Å². The number of anilines is 2. The molecule has 0 aliphatic heterocycles. The molecule has 0 aliphatic rings. The lowest BCUT2D eigenvalue weighted by atomic mass is 10.2. The fraction of sp³-hybridized carbons (Fsp3) is 0.263. The first-order valence-corrected chi connectivity index (χ1v) is 8.01. The number of carbonyl (C=O) groups excluding carboxylic acids is 2. The average Bonchev–Trinajstić information content (AvgIpc) is 2.59. The minimum absolute atomic E-state index is 0.0963. The number of methoxy groups -OCH3 is 1. The maximum Gasteiger partial charge on any atom is 0.248 e. The summed E-state index contributed by atoms with van der Waals surface area (Å²) >= 11 is 0. The molecule has 3 N–H and O–H groups in total. The van der Waals surface area contributed by atoms with E-state index in [0.717, 1.165) is 5.69 Å². The van der Waals surface area contributed by atoms with Crippen molar-refractivity contribution < 1.29 is 14.3 Å². The van der Waals surface area contributed by atoms with Crippen molar-refractivity contribution in [2.75, 3.05) is 23.9 Å². The second-order valence-electron chi connectivity index (χ2n) is 5.89. The fourth-order valence-corrected chi connectivity index (χ4v) is 2.52. The van der Waals surface area contributed by atoms with Crippen LogP contribution >= 0.6 is 0 Å². The van der Waals surface area contributed by atoms with Crippen LogP contribution in [-0.4, -0.2) is 31.5 Å². The molecule has 0 heterocycles. The number of nitrogens with zero attached hydrogens (tertiary/aromatic N) is 1. The van der Waals surface area contributed by atoms with E-state index in [1.165, 1.54) is 0 Å². The number of nitrogens with two attached hydrogens (primary N) is 1. The highest BCUT2D eigenvalue weighted by Crippen LogP contribution is 2.29. The number of nitrogens with one attached hydrogen (secondary N) is 1. The molecule has 0 saturated carbocycles. The zero-order chi connectivity index (χ0) is 18.4. The predicted molar refractivity (Wildman–Crippen MR) is 99.1 cm³/mol. The first kappa shape index (κ1) is 18.3. The van der Waals surface area contributed by atoms with Crippen LogP contribution in [0.25, 0.3) is 0 Å². The molecule has 0 saturated heterocycles. The van der Waals surface area contributed by atoms with E-state index >= 15 is 0 Å². The summed E-state index contributed by atoms with van der Waals surface area (Å²) in [7, 11) is 1.60. The van der Waals surface area contributed by atoms with E-state index in [1.807, 2.05) is 43.0 Å². The molecule has 0 fully saturated rings. The first-order valence-electron chi connectivity index (χ1n) is 8.01. The number of rotatable bonds is 7. The Morgan fingerprint density at radius 3 is 2.52 bits per heavy atom. The van der Waals surface area contributed by atoms with Crippen LogP contribution in [0.2, 0.25) is 0 Å². The summed E-state index contributed by atoms with van der Waals surface area (Å²) < 4.78 is 5.39. The molecule has 2 aromatic carbocycles. The van der Waals surface area contributed by atoms with Crippen LogP contribution in [0, 0.1) is 0 Å². The Balaban J connectivity index is 2.16. The van der Waals surface area contributed by atoms with Crippen LogP contribution in [0.15, 0.2) is 48.5 Å². The molecule has 0 aliphatic carbocycles. The molecule has 132 valence electrons. The zero-order valence-corrected chi connectivity index (χ0v) is 14.7. The topological polar surface area (TPSA) is 84.7 Å². The molecule has 2 amide bonds. The van der Waals surface area contributed by atoms with Gasteiger partial charge in [-0.15, -0.1) is 0 Å².